The summed E-state index contributed by atoms with van der Waals surface area (Å²) in [5.41, 5.74) is 1.05. The van der Waals surface area contributed by atoms with Gasteiger partial charge in [-0.05, 0) is 48.4 Å². The number of benzene rings is 2. The van der Waals surface area contributed by atoms with E-state index in [1.54, 1.807) is 25.1 Å². The second-order valence-electron chi connectivity index (χ2n) is 4.84. The zero-order valence-corrected chi connectivity index (χ0v) is 11.6. The van der Waals surface area contributed by atoms with Crippen LogP contribution in [0.3, 0.4) is 0 Å². The topological polar surface area (TPSA) is 35.8 Å². The number of halogens is 4. The number of rotatable bonds is 3. The van der Waals surface area contributed by atoms with E-state index >= 15 is 0 Å². The van der Waals surface area contributed by atoms with Crippen molar-refractivity contribution >= 4 is 5.69 Å². The van der Waals surface area contributed by atoms with Crippen LogP contribution in [0.4, 0.5) is 23.2 Å². The molecule has 2 aromatic carbocycles. The molecule has 2 aromatic rings. The molecule has 0 fully saturated rings. The van der Waals surface area contributed by atoms with Crippen molar-refractivity contribution in [3.8, 4) is 6.07 Å². The Morgan fingerprint density at radius 1 is 1.14 bits per heavy atom. The van der Waals surface area contributed by atoms with Crippen molar-refractivity contribution in [2.45, 2.75) is 19.6 Å². The van der Waals surface area contributed by atoms with Crippen molar-refractivity contribution in [2.75, 3.05) is 5.32 Å². The first kappa shape index (κ1) is 15.8. The predicted octanol–water partition coefficient (Wildman–Crippen LogP) is 4.64. The third kappa shape index (κ3) is 3.76. The summed E-state index contributed by atoms with van der Waals surface area (Å²) in [5, 5.41) is 11.8. The standard InChI is InChI=1S/C16H12F4N2/c1-10-2-3-11(8-21)6-15(10)22-9-12-4-13(16(18,19)20)7-14(17)5-12/h2-7,22H,9H2,1H3. The molecule has 6 heteroatoms. The zero-order chi connectivity index (χ0) is 16.3. The smallest absolute Gasteiger partial charge is 0.381 e. The van der Waals surface area contributed by atoms with Gasteiger partial charge in [0.05, 0.1) is 17.2 Å². The number of nitrogens with zero attached hydrogens (tertiary/aromatic N) is 1. The molecule has 0 amide bonds. The second kappa shape index (κ2) is 6.06. The van der Waals surface area contributed by atoms with E-state index in [9.17, 15) is 17.6 Å². The highest BCUT2D eigenvalue weighted by Crippen LogP contribution is 2.30. The maximum Gasteiger partial charge on any atom is 0.416 e. The molecule has 1 N–H and O–H groups in total. The summed E-state index contributed by atoms with van der Waals surface area (Å²) in [6, 6.07) is 9.36. The lowest BCUT2D eigenvalue weighted by atomic mass is 10.1. The molecular weight excluding hydrogens is 296 g/mol. The molecule has 0 aliphatic carbocycles. The Bertz CT molecular complexity index is 730. The summed E-state index contributed by atoms with van der Waals surface area (Å²) in [6.45, 7) is 1.83. The molecule has 2 rings (SSSR count). The highest BCUT2D eigenvalue weighted by atomic mass is 19.4. The molecule has 22 heavy (non-hydrogen) atoms. The van der Waals surface area contributed by atoms with Crippen LogP contribution in [0.2, 0.25) is 0 Å². The fourth-order valence-corrected chi connectivity index (χ4v) is 2.00. The minimum Gasteiger partial charge on any atom is -0.381 e. The number of nitriles is 1. The van der Waals surface area contributed by atoms with Crippen molar-refractivity contribution in [2.24, 2.45) is 0 Å². The third-order valence-corrected chi connectivity index (χ3v) is 3.13. The average Bonchev–Trinajstić information content (AvgIpc) is 2.45. The molecule has 114 valence electrons. The molecule has 0 unspecified atom stereocenters. The molecule has 2 nitrogen and oxygen atoms in total. The number of nitrogens with one attached hydrogen (secondary N) is 1. The maximum atomic E-state index is 13.3. The minimum absolute atomic E-state index is 0.0244. The van der Waals surface area contributed by atoms with Gasteiger partial charge in [-0.1, -0.05) is 6.07 Å². The molecule has 0 bridgehead atoms. The summed E-state index contributed by atoms with van der Waals surface area (Å²) in [4.78, 5) is 0. The van der Waals surface area contributed by atoms with Crippen molar-refractivity contribution < 1.29 is 17.6 Å². The Kier molecular flexibility index (Phi) is 4.36. The van der Waals surface area contributed by atoms with Crippen molar-refractivity contribution in [3.05, 3.63) is 64.5 Å². The SMILES string of the molecule is Cc1ccc(C#N)cc1NCc1cc(F)cc(C(F)(F)F)c1. The second-order valence-corrected chi connectivity index (χ2v) is 4.84. The monoisotopic (exact) mass is 308 g/mol. The van der Waals surface area contributed by atoms with E-state index in [1.165, 1.54) is 0 Å². The van der Waals surface area contributed by atoms with Crippen LogP contribution in [0.5, 0.6) is 0 Å². The normalized spacial score (nSPS) is 11.1. The van der Waals surface area contributed by atoms with Crippen LogP contribution in [0.1, 0.15) is 22.3 Å². The molecule has 0 atom stereocenters. The number of hydrogen-bond acceptors (Lipinski definition) is 2. The largest absolute Gasteiger partial charge is 0.416 e. The molecule has 0 spiro atoms. The summed E-state index contributed by atoms with van der Waals surface area (Å²) < 4.78 is 51.3. The van der Waals surface area contributed by atoms with Gasteiger partial charge < -0.3 is 5.32 Å². The van der Waals surface area contributed by atoms with E-state index in [-0.39, 0.29) is 12.1 Å². The van der Waals surface area contributed by atoms with Gasteiger partial charge in [0.15, 0.2) is 0 Å². The summed E-state index contributed by atoms with van der Waals surface area (Å²) in [5.74, 6) is -0.936. The fraction of sp³-hybridized carbons (Fsp3) is 0.188. The number of aryl methyl sites for hydroxylation is 1. The van der Waals surface area contributed by atoms with Gasteiger partial charge in [-0.3, -0.25) is 0 Å². The molecule has 0 heterocycles. The van der Waals surface area contributed by atoms with E-state index < -0.39 is 17.6 Å². The zero-order valence-electron chi connectivity index (χ0n) is 11.6. The van der Waals surface area contributed by atoms with Crippen LogP contribution in [-0.4, -0.2) is 0 Å². The Morgan fingerprint density at radius 2 is 1.86 bits per heavy atom. The van der Waals surface area contributed by atoms with Gasteiger partial charge in [0, 0.05) is 12.2 Å². The van der Waals surface area contributed by atoms with Crippen molar-refractivity contribution in [1.82, 2.24) is 0 Å². The number of alkyl halides is 3. The van der Waals surface area contributed by atoms with Gasteiger partial charge in [-0.25, -0.2) is 4.39 Å². The highest BCUT2D eigenvalue weighted by molar-refractivity contribution is 5.55. The Hall–Kier alpha value is -2.55. The van der Waals surface area contributed by atoms with Crippen LogP contribution < -0.4 is 5.32 Å². The Morgan fingerprint density at radius 3 is 2.50 bits per heavy atom. The predicted molar refractivity (Wildman–Crippen MR) is 74.6 cm³/mol. The summed E-state index contributed by atoms with van der Waals surface area (Å²) >= 11 is 0. The van der Waals surface area contributed by atoms with E-state index in [4.69, 9.17) is 5.26 Å². The van der Waals surface area contributed by atoms with Gasteiger partial charge >= 0.3 is 6.18 Å². The van der Waals surface area contributed by atoms with Crippen LogP contribution in [0.15, 0.2) is 36.4 Å². The van der Waals surface area contributed by atoms with Crippen LogP contribution in [0.25, 0.3) is 0 Å². The summed E-state index contributed by atoms with van der Waals surface area (Å²) in [6.07, 6.45) is -4.59. The van der Waals surface area contributed by atoms with Crippen LogP contribution >= 0.6 is 0 Å². The first-order valence-electron chi connectivity index (χ1n) is 6.41. The van der Waals surface area contributed by atoms with E-state index in [2.05, 4.69) is 5.32 Å². The quantitative estimate of drug-likeness (QED) is 0.839. The molecular formula is C16H12F4N2. The third-order valence-electron chi connectivity index (χ3n) is 3.13. The first-order valence-corrected chi connectivity index (χ1v) is 6.41. The van der Waals surface area contributed by atoms with Gasteiger partial charge in [0.25, 0.3) is 0 Å². The number of hydrogen-bond donors (Lipinski definition) is 1. The van der Waals surface area contributed by atoms with Gasteiger partial charge in [-0.15, -0.1) is 0 Å². The minimum atomic E-state index is -4.59. The Labute approximate surface area is 125 Å². The van der Waals surface area contributed by atoms with E-state index in [0.717, 1.165) is 17.7 Å². The summed E-state index contributed by atoms with van der Waals surface area (Å²) in [7, 11) is 0. The molecule has 0 aliphatic rings. The fourth-order valence-electron chi connectivity index (χ4n) is 2.00. The van der Waals surface area contributed by atoms with E-state index in [1.807, 2.05) is 6.07 Å². The lowest BCUT2D eigenvalue weighted by molar-refractivity contribution is -0.137. The lowest BCUT2D eigenvalue weighted by Crippen LogP contribution is -2.08. The van der Waals surface area contributed by atoms with Gasteiger partial charge in [0.1, 0.15) is 5.82 Å². The molecule has 0 aromatic heterocycles. The first-order chi connectivity index (χ1) is 10.3. The highest BCUT2D eigenvalue weighted by Gasteiger charge is 2.31. The van der Waals surface area contributed by atoms with Crippen LogP contribution in [0, 0.1) is 24.1 Å². The number of anilines is 1. The Balaban J connectivity index is 2.22. The van der Waals surface area contributed by atoms with Gasteiger partial charge in [0.2, 0.25) is 0 Å². The van der Waals surface area contributed by atoms with Crippen molar-refractivity contribution in [3.63, 3.8) is 0 Å². The lowest BCUT2D eigenvalue weighted by Gasteiger charge is -2.12. The van der Waals surface area contributed by atoms with Crippen LogP contribution in [-0.2, 0) is 12.7 Å². The maximum absolute atomic E-state index is 13.3. The molecule has 0 aliphatic heterocycles. The van der Waals surface area contributed by atoms with E-state index in [0.29, 0.717) is 17.3 Å². The molecule has 0 saturated heterocycles. The molecule has 0 saturated carbocycles. The molecule has 0 radical (unpaired) electrons. The van der Waals surface area contributed by atoms with Gasteiger partial charge in [-0.2, -0.15) is 18.4 Å². The average molecular weight is 308 g/mol. The van der Waals surface area contributed by atoms with Crippen molar-refractivity contribution in [1.29, 1.82) is 5.26 Å².